The van der Waals surface area contributed by atoms with Crippen LogP contribution in [0.5, 0.6) is 0 Å². The first kappa shape index (κ1) is 16.0. The fourth-order valence-electron chi connectivity index (χ4n) is 3.15. The summed E-state index contributed by atoms with van der Waals surface area (Å²) in [5.41, 5.74) is 0.0635. The van der Waals surface area contributed by atoms with Crippen LogP contribution in [-0.4, -0.2) is 26.3 Å². The van der Waals surface area contributed by atoms with Crippen LogP contribution >= 0.6 is 15.9 Å². The van der Waals surface area contributed by atoms with E-state index in [0.717, 1.165) is 19.3 Å². The van der Waals surface area contributed by atoms with E-state index in [1.165, 1.54) is 30.2 Å². The van der Waals surface area contributed by atoms with Crippen LogP contribution in [0, 0.1) is 16.0 Å². The summed E-state index contributed by atoms with van der Waals surface area (Å²) in [5.74, 6) is 0.239. The van der Waals surface area contributed by atoms with Crippen molar-refractivity contribution < 1.29 is 9.72 Å². The van der Waals surface area contributed by atoms with Gasteiger partial charge in [0.05, 0.1) is 12.6 Å². The number of alkyl halides is 1. The van der Waals surface area contributed by atoms with Crippen LogP contribution < -0.4 is 5.32 Å². The van der Waals surface area contributed by atoms with Crippen molar-refractivity contribution in [2.24, 2.45) is 13.0 Å². The molecule has 21 heavy (non-hydrogen) atoms. The Labute approximate surface area is 132 Å². The number of rotatable bonds is 4. The summed E-state index contributed by atoms with van der Waals surface area (Å²) in [5, 5.41) is 14.6. The van der Waals surface area contributed by atoms with Crippen molar-refractivity contribution in [2.75, 3.05) is 5.33 Å². The summed E-state index contributed by atoms with van der Waals surface area (Å²) in [4.78, 5) is 22.8. The number of nitro groups is 1. The largest absolute Gasteiger partial charge is 0.358 e. The number of carbonyl (C=O) groups is 1. The third-order valence-corrected chi connectivity index (χ3v) is 5.31. The Balaban J connectivity index is 2.18. The molecule has 1 heterocycles. The molecular weight excluding hydrogens is 338 g/mol. The lowest BCUT2D eigenvalue weighted by Crippen LogP contribution is -2.52. The molecule has 1 saturated carbocycles. The van der Waals surface area contributed by atoms with E-state index in [2.05, 4.69) is 28.2 Å². The van der Waals surface area contributed by atoms with Gasteiger partial charge in [0.1, 0.15) is 0 Å². The van der Waals surface area contributed by atoms with Crippen LogP contribution in [-0.2, 0) is 7.05 Å². The Morgan fingerprint density at radius 1 is 1.62 bits per heavy atom. The van der Waals surface area contributed by atoms with E-state index in [1.807, 2.05) is 0 Å². The molecule has 1 aromatic rings. The lowest BCUT2D eigenvalue weighted by molar-refractivity contribution is -0.391. The molecule has 1 aliphatic rings. The number of carbonyl (C=O) groups excluding carboxylic acids is 1. The molecule has 116 valence electrons. The first-order chi connectivity index (χ1) is 9.88. The van der Waals surface area contributed by atoms with Gasteiger partial charge in [-0.2, -0.15) is 0 Å². The van der Waals surface area contributed by atoms with Crippen molar-refractivity contribution in [1.82, 2.24) is 9.88 Å². The zero-order valence-electron chi connectivity index (χ0n) is 12.3. The van der Waals surface area contributed by atoms with Gasteiger partial charge in [-0.05, 0) is 29.7 Å². The predicted molar refractivity (Wildman–Crippen MR) is 83.7 cm³/mol. The Kier molecular flexibility index (Phi) is 4.70. The average Bonchev–Trinajstić information content (AvgIpc) is 2.80. The third-order valence-electron chi connectivity index (χ3n) is 4.24. The SMILES string of the molecule is CC1CCCC(CBr)(NC(=O)c2ccc([N+](=O)[O-])n2C)C1. The van der Waals surface area contributed by atoms with Crippen molar-refractivity contribution in [1.29, 1.82) is 0 Å². The van der Waals surface area contributed by atoms with Gasteiger partial charge < -0.3 is 15.4 Å². The molecule has 2 rings (SSSR count). The lowest BCUT2D eigenvalue weighted by Gasteiger charge is -2.39. The second-order valence-corrected chi connectivity index (χ2v) is 6.52. The van der Waals surface area contributed by atoms with Gasteiger partial charge in [0.2, 0.25) is 0 Å². The van der Waals surface area contributed by atoms with Gasteiger partial charge in [-0.15, -0.1) is 0 Å². The zero-order chi connectivity index (χ0) is 15.6. The molecule has 1 N–H and O–H groups in total. The topological polar surface area (TPSA) is 77.2 Å². The van der Waals surface area contributed by atoms with E-state index in [-0.39, 0.29) is 17.3 Å². The number of amides is 1. The van der Waals surface area contributed by atoms with E-state index in [4.69, 9.17) is 0 Å². The molecular formula is C14H20BrN3O3. The minimum atomic E-state index is -0.486. The van der Waals surface area contributed by atoms with Gasteiger partial charge in [-0.3, -0.25) is 4.79 Å². The fraction of sp³-hybridized carbons (Fsp3) is 0.643. The fourth-order valence-corrected chi connectivity index (χ4v) is 3.79. The van der Waals surface area contributed by atoms with Crippen molar-refractivity contribution in [3.8, 4) is 0 Å². The molecule has 2 unspecified atom stereocenters. The van der Waals surface area contributed by atoms with Crippen LogP contribution in [0.1, 0.15) is 43.1 Å². The normalized spacial score (nSPS) is 25.6. The minimum Gasteiger partial charge on any atom is -0.358 e. The molecule has 0 aliphatic heterocycles. The number of halogens is 1. The third kappa shape index (κ3) is 3.28. The Morgan fingerprint density at radius 3 is 2.86 bits per heavy atom. The maximum absolute atomic E-state index is 12.5. The summed E-state index contributed by atoms with van der Waals surface area (Å²) >= 11 is 3.51. The predicted octanol–water partition coefficient (Wildman–Crippen LogP) is 3.01. The molecule has 2 atom stereocenters. The van der Waals surface area contributed by atoms with E-state index < -0.39 is 4.92 Å². The van der Waals surface area contributed by atoms with Crippen molar-refractivity contribution >= 4 is 27.7 Å². The standard InChI is InChI=1S/C14H20BrN3O3/c1-10-4-3-7-14(8-10,9-15)16-13(19)11-5-6-12(17(11)2)18(20)21/h5-6,10H,3-4,7-9H2,1-2H3,(H,16,19). The lowest BCUT2D eigenvalue weighted by atomic mass is 9.77. The molecule has 1 aromatic heterocycles. The van der Waals surface area contributed by atoms with E-state index in [1.54, 1.807) is 0 Å². The van der Waals surface area contributed by atoms with Gasteiger partial charge in [0, 0.05) is 11.4 Å². The highest BCUT2D eigenvalue weighted by molar-refractivity contribution is 9.09. The Morgan fingerprint density at radius 2 is 2.33 bits per heavy atom. The number of nitrogens with one attached hydrogen (secondary N) is 1. The maximum atomic E-state index is 12.5. The van der Waals surface area contributed by atoms with E-state index in [9.17, 15) is 14.9 Å². The average molecular weight is 358 g/mol. The molecule has 7 heteroatoms. The zero-order valence-corrected chi connectivity index (χ0v) is 13.9. The van der Waals surface area contributed by atoms with Crippen LogP contribution in [0.25, 0.3) is 0 Å². The van der Waals surface area contributed by atoms with Gasteiger partial charge >= 0.3 is 5.82 Å². The summed E-state index contributed by atoms with van der Waals surface area (Å²) in [7, 11) is 1.54. The Hall–Kier alpha value is -1.37. The molecule has 6 nitrogen and oxygen atoms in total. The molecule has 1 fully saturated rings. The summed E-state index contributed by atoms with van der Waals surface area (Å²) < 4.78 is 1.32. The summed E-state index contributed by atoms with van der Waals surface area (Å²) in [6, 6.07) is 2.86. The smallest absolute Gasteiger partial charge is 0.323 e. The molecule has 0 bridgehead atoms. The van der Waals surface area contributed by atoms with Gasteiger partial charge in [-0.25, -0.2) is 4.57 Å². The molecule has 0 aromatic carbocycles. The molecule has 1 amide bonds. The highest BCUT2D eigenvalue weighted by atomic mass is 79.9. The van der Waals surface area contributed by atoms with Crippen LogP contribution in [0.3, 0.4) is 0 Å². The summed E-state index contributed by atoms with van der Waals surface area (Å²) in [6.45, 7) is 2.19. The number of aromatic nitrogens is 1. The minimum absolute atomic E-state index is 0.0787. The first-order valence-corrected chi connectivity index (χ1v) is 8.19. The van der Waals surface area contributed by atoms with Gasteiger partial charge in [0.25, 0.3) is 5.91 Å². The van der Waals surface area contributed by atoms with E-state index in [0.29, 0.717) is 16.9 Å². The highest BCUT2D eigenvalue weighted by Crippen LogP contribution is 2.34. The van der Waals surface area contributed by atoms with Crippen LogP contribution in [0.2, 0.25) is 0 Å². The van der Waals surface area contributed by atoms with Crippen molar-refractivity contribution in [3.05, 3.63) is 27.9 Å². The quantitative estimate of drug-likeness (QED) is 0.511. The second-order valence-electron chi connectivity index (χ2n) is 5.96. The van der Waals surface area contributed by atoms with Crippen molar-refractivity contribution in [3.63, 3.8) is 0 Å². The summed E-state index contributed by atoms with van der Waals surface area (Å²) in [6.07, 6.45) is 4.12. The second kappa shape index (κ2) is 6.17. The number of hydrogen-bond acceptors (Lipinski definition) is 3. The molecule has 0 spiro atoms. The van der Waals surface area contributed by atoms with Crippen LogP contribution in [0.15, 0.2) is 12.1 Å². The van der Waals surface area contributed by atoms with Gasteiger partial charge in [0.15, 0.2) is 5.69 Å². The van der Waals surface area contributed by atoms with Crippen molar-refractivity contribution in [2.45, 2.75) is 38.1 Å². The highest BCUT2D eigenvalue weighted by Gasteiger charge is 2.36. The molecule has 0 radical (unpaired) electrons. The molecule has 0 saturated heterocycles. The maximum Gasteiger partial charge on any atom is 0.323 e. The van der Waals surface area contributed by atoms with Crippen LogP contribution in [0.4, 0.5) is 5.82 Å². The number of nitrogens with zero attached hydrogens (tertiary/aromatic N) is 2. The first-order valence-electron chi connectivity index (χ1n) is 7.07. The number of hydrogen-bond donors (Lipinski definition) is 1. The monoisotopic (exact) mass is 357 g/mol. The van der Waals surface area contributed by atoms with Gasteiger partial charge in [-0.1, -0.05) is 35.7 Å². The molecule has 1 aliphatic carbocycles. The Bertz CT molecular complexity index is 558. The van der Waals surface area contributed by atoms with E-state index >= 15 is 0 Å².